The maximum Gasteiger partial charge on any atom is 0.246 e. The zero-order valence-electron chi connectivity index (χ0n) is 9.94. The number of rotatable bonds is 2. The third-order valence-corrected chi connectivity index (χ3v) is 5.14. The zero-order chi connectivity index (χ0) is 13.3. The molecule has 1 heterocycles. The van der Waals surface area contributed by atoms with E-state index in [0.717, 1.165) is 6.07 Å². The van der Waals surface area contributed by atoms with Crippen LogP contribution in [0.25, 0.3) is 0 Å². The quantitative estimate of drug-likeness (QED) is 0.828. The minimum atomic E-state index is -3.76. The Morgan fingerprint density at radius 1 is 1.22 bits per heavy atom. The maximum absolute atomic E-state index is 13.7. The molecule has 0 atom stereocenters. The zero-order valence-corrected chi connectivity index (χ0v) is 11.5. The molecule has 0 radical (unpaired) electrons. The average molecular weight is 293 g/mol. The lowest BCUT2D eigenvalue weighted by atomic mass is 10.3. The average Bonchev–Trinajstić information content (AvgIpc) is 2.29. The van der Waals surface area contributed by atoms with Gasteiger partial charge in [-0.15, -0.1) is 0 Å². The van der Waals surface area contributed by atoms with Crippen LogP contribution in [0, 0.1) is 5.82 Å². The Hall–Kier alpha value is -0.690. The van der Waals surface area contributed by atoms with Crippen molar-refractivity contribution in [2.75, 3.05) is 33.2 Å². The molecule has 2 rings (SSSR count). The molecule has 7 heteroatoms. The van der Waals surface area contributed by atoms with E-state index in [2.05, 4.69) is 0 Å². The lowest BCUT2D eigenvalue weighted by Gasteiger charge is -2.31. The van der Waals surface area contributed by atoms with Crippen molar-refractivity contribution in [2.24, 2.45) is 0 Å². The van der Waals surface area contributed by atoms with Crippen LogP contribution in [0.15, 0.2) is 23.1 Å². The fourth-order valence-electron chi connectivity index (χ4n) is 1.85. The molecule has 0 N–H and O–H groups in total. The molecule has 0 aromatic heterocycles. The van der Waals surface area contributed by atoms with E-state index in [-0.39, 0.29) is 9.92 Å². The molecule has 1 aliphatic rings. The van der Waals surface area contributed by atoms with E-state index < -0.39 is 15.8 Å². The number of hydrogen-bond donors (Lipinski definition) is 0. The predicted molar refractivity (Wildman–Crippen MR) is 67.7 cm³/mol. The summed E-state index contributed by atoms with van der Waals surface area (Å²) in [6.07, 6.45) is 0. The first-order valence-corrected chi connectivity index (χ1v) is 7.37. The van der Waals surface area contributed by atoms with Gasteiger partial charge in [-0.25, -0.2) is 12.8 Å². The van der Waals surface area contributed by atoms with E-state index >= 15 is 0 Å². The summed E-state index contributed by atoms with van der Waals surface area (Å²) >= 11 is 5.62. The molecule has 1 aromatic carbocycles. The second kappa shape index (κ2) is 5.13. The van der Waals surface area contributed by atoms with Crippen LogP contribution in [0.2, 0.25) is 5.02 Å². The molecule has 0 bridgehead atoms. The number of halogens is 2. The first-order valence-electron chi connectivity index (χ1n) is 5.55. The molecule has 18 heavy (non-hydrogen) atoms. The summed E-state index contributed by atoms with van der Waals surface area (Å²) in [6.45, 7) is 2.05. The van der Waals surface area contributed by atoms with Gasteiger partial charge in [-0.1, -0.05) is 11.6 Å². The molecule has 0 spiro atoms. The minimum absolute atomic E-state index is 0.185. The number of likely N-dealkylation sites (N-methyl/N-ethyl adjacent to an activating group) is 1. The molecule has 0 amide bonds. The molecular formula is C11H14ClFN2O2S. The van der Waals surface area contributed by atoms with Crippen molar-refractivity contribution < 1.29 is 12.8 Å². The van der Waals surface area contributed by atoms with Crippen LogP contribution < -0.4 is 0 Å². The van der Waals surface area contributed by atoms with Gasteiger partial charge in [0.1, 0.15) is 10.7 Å². The van der Waals surface area contributed by atoms with Crippen molar-refractivity contribution in [3.8, 4) is 0 Å². The summed E-state index contributed by atoms with van der Waals surface area (Å²) < 4.78 is 39.5. The Kier molecular flexibility index (Phi) is 3.91. The number of hydrogen-bond acceptors (Lipinski definition) is 3. The van der Waals surface area contributed by atoms with Crippen LogP contribution in [0.5, 0.6) is 0 Å². The van der Waals surface area contributed by atoms with Crippen molar-refractivity contribution in [1.82, 2.24) is 9.21 Å². The second-order valence-electron chi connectivity index (χ2n) is 4.28. The standard InChI is InChI=1S/C11H14ClFN2O2S/c1-14-4-6-15(7-5-14)18(16,17)11-3-2-9(12)8-10(11)13/h2-3,8H,4-7H2,1H3. The van der Waals surface area contributed by atoms with Gasteiger partial charge in [0.05, 0.1) is 0 Å². The van der Waals surface area contributed by atoms with Crippen LogP contribution in [0.4, 0.5) is 4.39 Å². The Bertz CT molecular complexity index is 542. The smallest absolute Gasteiger partial charge is 0.246 e. The Balaban J connectivity index is 2.30. The van der Waals surface area contributed by atoms with E-state index in [1.807, 2.05) is 11.9 Å². The normalized spacial score (nSPS) is 19.1. The molecule has 0 unspecified atom stereocenters. The van der Waals surface area contributed by atoms with Gasteiger partial charge in [0.25, 0.3) is 0 Å². The lowest BCUT2D eigenvalue weighted by molar-refractivity contribution is 0.222. The summed E-state index contributed by atoms with van der Waals surface area (Å²) in [4.78, 5) is 1.72. The largest absolute Gasteiger partial charge is 0.304 e. The maximum atomic E-state index is 13.7. The molecule has 0 aliphatic carbocycles. The van der Waals surface area contributed by atoms with Crippen molar-refractivity contribution in [3.05, 3.63) is 29.0 Å². The highest BCUT2D eigenvalue weighted by Gasteiger charge is 2.29. The number of nitrogens with zero attached hydrogens (tertiary/aromatic N) is 2. The van der Waals surface area contributed by atoms with Crippen molar-refractivity contribution in [2.45, 2.75) is 4.90 Å². The fraction of sp³-hybridized carbons (Fsp3) is 0.455. The van der Waals surface area contributed by atoms with E-state index in [1.165, 1.54) is 16.4 Å². The fourth-order valence-corrected chi connectivity index (χ4v) is 3.48. The lowest BCUT2D eigenvalue weighted by Crippen LogP contribution is -2.47. The van der Waals surface area contributed by atoms with Crippen LogP contribution in [-0.4, -0.2) is 50.8 Å². The summed E-state index contributed by atoms with van der Waals surface area (Å²) in [6, 6.07) is 3.61. The van der Waals surface area contributed by atoms with Gasteiger partial charge < -0.3 is 4.90 Å². The Morgan fingerprint density at radius 2 is 1.83 bits per heavy atom. The van der Waals surface area contributed by atoms with Gasteiger partial charge in [0, 0.05) is 31.2 Å². The van der Waals surface area contributed by atoms with E-state index in [1.54, 1.807) is 0 Å². The minimum Gasteiger partial charge on any atom is -0.304 e. The molecule has 1 aliphatic heterocycles. The Labute approximate surface area is 111 Å². The van der Waals surface area contributed by atoms with E-state index in [9.17, 15) is 12.8 Å². The van der Waals surface area contributed by atoms with Gasteiger partial charge in [-0.3, -0.25) is 0 Å². The molecule has 0 saturated carbocycles. The van der Waals surface area contributed by atoms with Crippen molar-refractivity contribution in [3.63, 3.8) is 0 Å². The second-order valence-corrected chi connectivity index (χ2v) is 6.62. The highest BCUT2D eigenvalue weighted by atomic mass is 35.5. The highest BCUT2D eigenvalue weighted by molar-refractivity contribution is 7.89. The summed E-state index contributed by atoms with van der Waals surface area (Å²) in [7, 11) is -1.84. The van der Waals surface area contributed by atoms with E-state index in [0.29, 0.717) is 26.2 Å². The molecule has 100 valence electrons. The predicted octanol–water partition coefficient (Wildman–Crippen LogP) is 1.42. The Morgan fingerprint density at radius 3 is 2.39 bits per heavy atom. The number of piperazine rings is 1. The van der Waals surface area contributed by atoms with Gasteiger partial charge in [0.2, 0.25) is 10.0 Å². The van der Waals surface area contributed by atoms with Crippen molar-refractivity contribution in [1.29, 1.82) is 0 Å². The third-order valence-electron chi connectivity index (χ3n) is 2.97. The molecular weight excluding hydrogens is 279 g/mol. The summed E-state index contributed by atoms with van der Waals surface area (Å²) in [5, 5.41) is 0.185. The number of sulfonamides is 1. The van der Waals surface area contributed by atoms with Crippen LogP contribution in [0.3, 0.4) is 0 Å². The van der Waals surface area contributed by atoms with Gasteiger partial charge in [0.15, 0.2) is 0 Å². The molecule has 1 saturated heterocycles. The monoisotopic (exact) mass is 292 g/mol. The third kappa shape index (κ3) is 2.66. The van der Waals surface area contributed by atoms with Gasteiger partial charge in [-0.2, -0.15) is 4.31 Å². The first kappa shape index (κ1) is 13.7. The SMILES string of the molecule is CN1CCN(S(=O)(=O)c2ccc(Cl)cc2F)CC1. The molecule has 1 fully saturated rings. The number of benzene rings is 1. The molecule has 4 nitrogen and oxygen atoms in total. The summed E-state index contributed by atoms with van der Waals surface area (Å²) in [5.74, 6) is -0.804. The van der Waals surface area contributed by atoms with Gasteiger partial charge >= 0.3 is 0 Å². The topological polar surface area (TPSA) is 40.6 Å². The summed E-state index contributed by atoms with van der Waals surface area (Å²) in [5.41, 5.74) is 0. The molecule has 1 aromatic rings. The first-order chi connectivity index (χ1) is 8.41. The highest BCUT2D eigenvalue weighted by Crippen LogP contribution is 2.23. The van der Waals surface area contributed by atoms with Crippen molar-refractivity contribution >= 4 is 21.6 Å². The van der Waals surface area contributed by atoms with Crippen LogP contribution in [-0.2, 0) is 10.0 Å². The van der Waals surface area contributed by atoms with Gasteiger partial charge in [-0.05, 0) is 25.2 Å². The van der Waals surface area contributed by atoms with Crippen LogP contribution in [0.1, 0.15) is 0 Å². The van der Waals surface area contributed by atoms with Crippen LogP contribution >= 0.6 is 11.6 Å². The van der Waals surface area contributed by atoms with E-state index in [4.69, 9.17) is 11.6 Å².